The summed E-state index contributed by atoms with van der Waals surface area (Å²) in [6.45, 7) is 5.30. The SMILES string of the molecule is CCCNC1(C(=O)OCC)CCCC(OC2CCC2)C1. The monoisotopic (exact) mass is 283 g/mol. The lowest BCUT2D eigenvalue weighted by atomic mass is 9.79. The molecule has 2 unspecified atom stereocenters. The number of esters is 1. The smallest absolute Gasteiger partial charge is 0.326 e. The van der Waals surface area contributed by atoms with E-state index in [2.05, 4.69) is 12.2 Å². The Hall–Kier alpha value is -0.610. The minimum Gasteiger partial charge on any atom is -0.465 e. The Kier molecular flexibility index (Phi) is 5.85. The van der Waals surface area contributed by atoms with Crippen LogP contribution in [0.25, 0.3) is 0 Å². The van der Waals surface area contributed by atoms with Gasteiger partial charge in [0.2, 0.25) is 0 Å². The lowest BCUT2D eigenvalue weighted by Crippen LogP contribution is -2.57. The van der Waals surface area contributed by atoms with Gasteiger partial charge in [0, 0.05) is 6.42 Å². The number of nitrogens with one attached hydrogen (secondary N) is 1. The fraction of sp³-hybridized carbons (Fsp3) is 0.938. The molecule has 0 aliphatic heterocycles. The highest BCUT2D eigenvalue weighted by atomic mass is 16.5. The minimum absolute atomic E-state index is 0.0876. The molecule has 4 heteroatoms. The van der Waals surface area contributed by atoms with E-state index in [9.17, 15) is 4.79 Å². The van der Waals surface area contributed by atoms with Crippen molar-refractivity contribution in [2.45, 2.75) is 83.0 Å². The number of hydrogen-bond acceptors (Lipinski definition) is 4. The largest absolute Gasteiger partial charge is 0.465 e. The number of carbonyl (C=O) groups is 1. The molecule has 1 N–H and O–H groups in total. The van der Waals surface area contributed by atoms with Crippen molar-refractivity contribution < 1.29 is 14.3 Å². The van der Waals surface area contributed by atoms with Gasteiger partial charge in [-0.3, -0.25) is 4.79 Å². The third kappa shape index (κ3) is 3.73. The highest BCUT2D eigenvalue weighted by Crippen LogP contribution is 2.34. The van der Waals surface area contributed by atoms with Gasteiger partial charge in [-0.25, -0.2) is 0 Å². The van der Waals surface area contributed by atoms with Crippen molar-refractivity contribution >= 4 is 5.97 Å². The van der Waals surface area contributed by atoms with E-state index in [0.29, 0.717) is 12.7 Å². The molecule has 2 aliphatic rings. The van der Waals surface area contributed by atoms with Crippen molar-refractivity contribution in [1.82, 2.24) is 5.32 Å². The van der Waals surface area contributed by atoms with Crippen molar-refractivity contribution in [2.24, 2.45) is 0 Å². The third-order valence-corrected chi connectivity index (χ3v) is 4.52. The second kappa shape index (κ2) is 7.41. The standard InChI is InChI=1S/C16H29NO3/c1-3-11-17-16(15(18)19-4-2)10-6-9-14(12-16)20-13-7-5-8-13/h13-14,17H,3-12H2,1-2H3. The first-order chi connectivity index (χ1) is 9.70. The molecule has 2 aliphatic carbocycles. The molecular formula is C16H29NO3. The maximum atomic E-state index is 12.4. The van der Waals surface area contributed by atoms with Crippen LogP contribution in [0, 0.1) is 0 Å². The van der Waals surface area contributed by atoms with Crippen LogP contribution in [0.4, 0.5) is 0 Å². The first-order valence-electron chi connectivity index (χ1n) is 8.28. The second-order valence-electron chi connectivity index (χ2n) is 6.14. The molecule has 2 saturated carbocycles. The van der Waals surface area contributed by atoms with Crippen molar-refractivity contribution in [1.29, 1.82) is 0 Å². The summed E-state index contributed by atoms with van der Waals surface area (Å²) in [7, 11) is 0. The molecule has 0 heterocycles. The van der Waals surface area contributed by atoms with Gasteiger partial charge in [0.05, 0.1) is 18.8 Å². The first kappa shape index (κ1) is 15.8. The molecule has 0 radical (unpaired) electrons. The molecule has 2 fully saturated rings. The van der Waals surface area contributed by atoms with Crippen LogP contribution in [0.1, 0.15) is 65.2 Å². The van der Waals surface area contributed by atoms with Crippen LogP contribution in [0.2, 0.25) is 0 Å². The molecule has 0 aromatic heterocycles. The van der Waals surface area contributed by atoms with Crippen molar-refractivity contribution in [3.05, 3.63) is 0 Å². The van der Waals surface area contributed by atoms with E-state index >= 15 is 0 Å². The fourth-order valence-corrected chi connectivity index (χ4v) is 3.17. The number of ether oxygens (including phenoxy) is 2. The van der Waals surface area contributed by atoms with E-state index in [1.165, 1.54) is 19.3 Å². The van der Waals surface area contributed by atoms with Crippen LogP contribution >= 0.6 is 0 Å². The van der Waals surface area contributed by atoms with Crippen LogP contribution in [-0.4, -0.2) is 36.9 Å². The van der Waals surface area contributed by atoms with Gasteiger partial charge < -0.3 is 14.8 Å². The van der Waals surface area contributed by atoms with E-state index in [1.807, 2.05) is 6.92 Å². The molecule has 4 nitrogen and oxygen atoms in total. The number of hydrogen-bond donors (Lipinski definition) is 1. The van der Waals surface area contributed by atoms with Gasteiger partial charge in [-0.2, -0.15) is 0 Å². The van der Waals surface area contributed by atoms with Crippen LogP contribution < -0.4 is 5.32 Å². The third-order valence-electron chi connectivity index (χ3n) is 4.52. The van der Waals surface area contributed by atoms with Crippen LogP contribution in [0.3, 0.4) is 0 Å². The Labute approximate surface area is 122 Å². The fourth-order valence-electron chi connectivity index (χ4n) is 3.17. The summed E-state index contributed by atoms with van der Waals surface area (Å²) in [6, 6.07) is 0. The molecule has 0 bridgehead atoms. The zero-order valence-corrected chi connectivity index (χ0v) is 13.0. The average molecular weight is 283 g/mol. The molecule has 0 aromatic rings. The van der Waals surface area contributed by atoms with Gasteiger partial charge in [-0.05, 0) is 58.4 Å². The lowest BCUT2D eigenvalue weighted by Gasteiger charge is -2.41. The molecule has 116 valence electrons. The van der Waals surface area contributed by atoms with Gasteiger partial charge in [0.15, 0.2) is 0 Å². The predicted octanol–water partition coefficient (Wildman–Crippen LogP) is 2.80. The van der Waals surface area contributed by atoms with Crippen molar-refractivity contribution in [3.8, 4) is 0 Å². The Morgan fingerprint density at radius 3 is 2.55 bits per heavy atom. The summed E-state index contributed by atoms with van der Waals surface area (Å²) in [5, 5.41) is 3.45. The van der Waals surface area contributed by atoms with Crippen molar-refractivity contribution in [2.75, 3.05) is 13.2 Å². The van der Waals surface area contributed by atoms with Gasteiger partial charge in [0.25, 0.3) is 0 Å². The molecule has 2 rings (SSSR count). The van der Waals surface area contributed by atoms with Gasteiger partial charge in [-0.15, -0.1) is 0 Å². The molecular weight excluding hydrogens is 254 g/mol. The van der Waals surface area contributed by atoms with Gasteiger partial charge in [0.1, 0.15) is 5.54 Å². The summed E-state index contributed by atoms with van der Waals surface area (Å²) in [5.41, 5.74) is -0.515. The zero-order valence-electron chi connectivity index (χ0n) is 13.0. The van der Waals surface area contributed by atoms with Gasteiger partial charge in [-0.1, -0.05) is 6.92 Å². The quantitative estimate of drug-likeness (QED) is 0.730. The zero-order chi connectivity index (χ0) is 14.4. The Bertz CT molecular complexity index is 317. The normalized spacial score (nSPS) is 30.8. The van der Waals surface area contributed by atoms with E-state index < -0.39 is 5.54 Å². The highest BCUT2D eigenvalue weighted by molar-refractivity contribution is 5.81. The Morgan fingerprint density at radius 2 is 1.95 bits per heavy atom. The summed E-state index contributed by atoms with van der Waals surface area (Å²) in [5.74, 6) is -0.0876. The maximum Gasteiger partial charge on any atom is 0.326 e. The number of rotatable bonds is 7. The predicted molar refractivity (Wildman–Crippen MR) is 78.6 cm³/mol. The van der Waals surface area contributed by atoms with Crippen molar-refractivity contribution in [3.63, 3.8) is 0 Å². The first-order valence-corrected chi connectivity index (χ1v) is 8.28. The topological polar surface area (TPSA) is 47.6 Å². The lowest BCUT2D eigenvalue weighted by molar-refractivity contribution is -0.157. The summed E-state index contributed by atoms with van der Waals surface area (Å²) >= 11 is 0. The molecule has 2 atom stereocenters. The number of carbonyl (C=O) groups excluding carboxylic acids is 1. The Morgan fingerprint density at radius 1 is 1.20 bits per heavy atom. The minimum atomic E-state index is -0.515. The summed E-state index contributed by atoms with van der Waals surface area (Å²) in [4.78, 5) is 12.4. The van der Waals surface area contributed by atoms with Crippen LogP contribution in [0.15, 0.2) is 0 Å². The summed E-state index contributed by atoms with van der Waals surface area (Å²) < 4.78 is 11.5. The molecule has 0 amide bonds. The summed E-state index contributed by atoms with van der Waals surface area (Å²) in [6.07, 6.45) is 9.07. The van der Waals surface area contributed by atoms with Crippen LogP contribution in [0.5, 0.6) is 0 Å². The maximum absolute atomic E-state index is 12.4. The highest BCUT2D eigenvalue weighted by Gasteiger charge is 2.44. The van der Waals surface area contributed by atoms with E-state index in [1.54, 1.807) is 0 Å². The second-order valence-corrected chi connectivity index (χ2v) is 6.14. The molecule has 0 spiro atoms. The Balaban J connectivity index is 1.98. The van der Waals surface area contributed by atoms with Crippen LogP contribution in [-0.2, 0) is 14.3 Å². The molecule has 20 heavy (non-hydrogen) atoms. The van der Waals surface area contributed by atoms with E-state index in [0.717, 1.165) is 38.6 Å². The average Bonchev–Trinajstić information content (AvgIpc) is 2.41. The molecule has 0 aromatic carbocycles. The van der Waals surface area contributed by atoms with E-state index in [-0.39, 0.29) is 12.1 Å². The van der Waals surface area contributed by atoms with E-state index in [4.69, 9.17) is 9.47 Å². The molecule has 0 saturated heterocycles. The van der Waals surface area contributed by atoms with Gasteiger partial charge >= 0.3 is 5.97 Å².